The highest BCUT2D eigenvalue weighted by Gasteiger charge is 2.25. The van der Waals surface area contributed by atoms with Gasteiger partial charge in [-0.15, -0.1) is 0 Å². The van der Waals surface area contributed by atoms with Crippen molar-refractivity contribution in [2.75, 3.05) is 0 Å². The molecule has 0 fully saturated rings. The average molecular weight is 295 g/mol. The third-order valence-corrected chi connectivity index (χ3v) is 3.19. The number of hydrogen-bond donors (Lipinski definition) is 2. The number of carboxylic acids is 1. The van der Waals surface area contributed by atoms with E-state index in [4.69, 9.17) is 0 Å². The zero-order valence-corrected chi connectivity index (χ0v) is 13.6. The molecule has 118 valence electrons. The number of hydrogen-bond acceptors (Lipinski definition) is 3. The summed E-state index contributed by atoms with van der Waals surface area (Å²) < 4.78 is 1.49. The minimum atomic E-state index is -1.02. The molecule has 6 heteroatoms. The first-order valence-electron chi connectivity index (χ1n) is 7.10. The van der Waals surface area contributed by atoms with Crippen molar-refractivity contribution in [2.45, 2.75) is 52.5 Å². The van der Waals surface area contributed by atoms with E-state index in [1.807, 2.05) is 34.6 Å². The maximum absolute atomic E-state index is 12.3. The Morgan fingerprint density at radius 1 is 1.38 bits per heavy atom. The number of rotatable bonds is 5. The summed E-state index contributed by atoms with van der Waals surface area (Å²) in [5.74, 6) is -1.24. The third kappa shape index (κ3) is 4.58. The molecule has 0 aliphatic heterocycles. The van der Waals surface area contributed by atoms with Gasteiger partial charge in [0.1, 0.15) is 11.7 Å². The summed E-state index contributed by atoms with van der Waals surface area (Å²) in [6.45, 7) is 9.87. The lowest BCUT2D eigenvalue weighted by Gasteiger charge is -2.16. The second kappa shape index (κ2) is 6.28. The van der Waals surface area contributed by atoms with Crippen LogP contribution >= 0.6 is 0 Å². The van der Waals surface area contributed by atoms with Crippen LogP contribution in [0.25, 0.3) is 0 Å². The Kier molecular flexibility index (Phi) is 5.15. The number of nitrogens with one attached hydrogen (secondary N) is 1. The Hall–Kier alpha value is -1.85. The van der Waals surface area contributed by atoms with Crippen LogP contribution in [0.2, 0.25) is 0 Å². The number of aliphatic carboxylic acids is 1. The van der Waals surface area contributed by atoms with Crippen molar-refractivity contribution in [2.24, 2.45) is 13.0 Å². The molecule has 0 aliphatic rings. The van der Waals surface area contributed by atoms with Crippen LogP contribution in [-0.2, 0) is 17.3 Å². The zero-order valence-electron chi connectivity index (χ0n) is 13.6. The van der Waals surface area contributed by atoms with Gasteiger partial charge in [-0.05, 0) is 18.4 Å². The van der Waals surface area contributed by atoms with Crippen LogP contribution in [0.1, 0.15) is 57.2 Å². The highest BCUT2D eigenvalue weighted by Crippen LogP contribution is 2.21. The molecule has 0 unspecified atom stereocenters. The van der Waals surface area contributed by atoms with Crippen molar-refractivity contribution >= 4 is 11.9 Å². The maximum Gasteiger partial charge on any atom is 0.326 e. The largest absolute Gasteiger partial charge is 0.480 e. The molecular weight excluding hydrogens is 270 g/mol. The number of aromatic nitrogens is 2. The summed E-state index contributed by atoms with van der Waals surface area (Å²) >= 11 is 0. The fourth-order valence-corrected chi connectivity index (χ4v) is 1.97. The average Bonchev–Trinajstić information content (AvgIpc) is 2.69. The molecule has 6 nitrogen and oxygen atoms in total. The van der Waals surface area contributed by atoms with Crippen molar-refractivity contribution in [1.29, 1.82) is 0 Å². The fraction of sp³-hybridized carbons (Fsp3) is 0.667. The van der Waals surface area contributed by atoms with Gasteiger partial charge in [-0.25, -0.2) is 4.79 Å². The molecule has 1 amide bonds. The topological polar surface area (TPSA) is 84.2 Å². The van der Waals surface area contributed by atoms with E-state index in [-0.39, 0.29) is 11.3 Å². The molecule has 1 rings (SSSR count). The molecule has 2 N–H and O–H groups in total. The Morgan fingerprint density at radius 3 is 2.33 bits per heavy atom. The minimum Gasteiger partial charge on any atom is -0.480 e. The lowest BCUT2D eigenvalue weighted by molar-refractivity contribution is -0.139. The van der Waals surface area contributed by atoms with Crippen LogP contribution in [0.3, 0.4) is 0 Å². The summed E-state index contributed by atoms with van der Waals surface area (Å²) in [6.07, 6.45) is 0.394. The van der Waals surface area contributed by atoms with E-state index in [9.17, 15) is 14.7 Å². The van der Waals surface area contributed by atoms with Gasteiger partial charge in [-0.2, -0.15) is 5.10 Å². The fourth-order valence-electron chi connectivity index (χ4n) is 1.97. The van der Waals surface area contributed by atoms with E-state index in [0.29, 0.717) is 12.1 Å². The second-order valence-corrected chi connectivity index (χ2v) is 6.78. The van der Waals surface area contributed by atoms with Crippen LogP contribution in [0.5, 0.6) is 0 Å². The number of aryl methyl sites for hydroxylation is 1. The molecule has 21 heavy (non-hydrogen) atoms. The van der Waals surface area contributed by atoms with E-state index in [2.05, 4.69) is 10.4 Å². The quantitative estimate of drug-likeness (QED) is 0.869. The molecule has 0 radical (unpaired) electrons. The van der Waals surface area contributed by atoms with Gasteiger partial charge in [0.25, 0.3) is 5.91 Å². The first kappa shape index (κ1) is 17.2. The molecule has 1 heterocycles. The lowest BCUT2D eigenvalue weighted by atomic mass is 9.92. The third-order valence-electron chi connectivity index (χ3n) is 3.19. The van der Waals surface area contributed by atoms with Gasteiger partial charge >= 0.3 is 5.97 Å². The van der Waals surface area contributed by atoms with Crippen molar-refractivity contribution in [3.05, 3.63) is 17.5 Å². The molecule has 0 bridgehead atoms. The van der Waals surface area contributed by atoms with Crippen LogP contribution in [0.4, 0.5) is 0 Å². The van der Waals surface area contributed by atoms with Crippen molar-refractivity contribution < 1.29 is 14.7 Å². The highest BCUT2D eigenvalue weighted by atomic mass is 16.4. The van der Waals surface area contributed by atoms with Gasteiger partial charge in [-0.1, -0.05) is 34.6 Å². The predicted molar refractivity (Wildman–Crippen MR) is 80.3 cm³/mol. The number of carboxylic acid groups (broad SMARTS) is 1. The van der Waals surface area contributed by atoms with Gasteiger partial charge in [0, 0.05) is 12.5 Å². The van der Waals surface area contributed by atoms with Crippen LogP contribution < -0.4 is 5.32 Å². The Bertz CT molecular complexity index is 527. The van der Waals surface area contributed by atoms with E-state index in [0.717, 1.165) is 5.69 Å². The van der Waals surface area contributed by atoms with Crippen LogP contribution in [-0.4, -0.2) is 32.8 Å². The summed E-state index contributed by atoms with van der Waals surface area (Å²) in [6, 6.07) is 0.828. The maximum atomic E-state index is 12.3. The van der Waals surface area contributed by atoms with E-state index >= 15 is 0 Å². The first-order chi connectivity index (χ1) is 9.52. The van der Waals surface area contributed by atoms with Crippen molar-refractivity contribution in [3.63, 3.8) is 0 Å². The second-order valence-electron chi connectivity index (χ2n) is 6.78. The Balaban J connectivity index is 2.93. The molecule has 1 aromatic rings. The van der Waals surface area contributed by atoms with Gasteiger partial charge in [0.05, 0.1) is 5.69 Å². The van der Waals surface area contributed by atoms with E-state index < -0.39 is 17.9 Å². The summed E-state index contributed by atoms with van der Waals surface area (Å²) in [5, 5.41) is 16.1. The minimum absolute atomic E-state index is 0.166. The van der Waals surface area contributed by atoms with E-state index in [1.165, 1.54) is 4.68 Å². The van der Waals surface area contributed by atoms with Crippen LogP contribution in [0, 0.1) is 5.92 Å². The number of amides is 1. The number of carbonyl (C=O) groups excluding carboxylic acids is 1. The molecule has 0 saturated heterocycles. The van der Waals surface area contributed by atoms with Crippen LogP contribution in [0.15, 0.2) is 6.07 Å². The first-order valence-corrected chi connectivity index (χ1v) is 7.10. The van der Waals surface area contributed by atoms with Crippen molar-refractivity contribution in [1.82, 2.24) is 15.1 Å². The standard InChI is InChI=1S/C15H25N3O3/c1-9(2)7-10(14(20)21)16-13(19)11-8-12(15(3,4)5)17-18(11)6/h8-10H,7H2,1-6H3,(H,16,19)(H,20,21)/t10-/m1/s1. The molecule has 1 atom stereocenters. The highest BCUT2D eigenvalue weighted by molar-refractivity contribution is 5.95. The van der Waals surface area contributed by atoms with Gasteiger partial charge < -0.3 is 10.4 Å². The molecular formula is C15H25N3O3. The Labute approximate surface area is 125 Å². The predicted octanol–water partition coefficient (Wildman–Crippen LogP) is 1.95. The number of carbonyl (C=O) groups is 2. The lowest BCUT2D eigenvalue weighted by Crippen LogP contribution is -2.42. The van der Waals surface area contributed by atoms with Crippen molar-refractivity contribution in [3.8, 4) is 0 Å². The summed E-state index contributed by atoms with van der Waals surface area (Å²) in [7, 11) is 1.68. The summed E-state index contributed by atoms with van der Waals surface area (Å²) in [4.78, 5) is 23.5. The normalized spacial score (nSPS) is 13.3. The Morgan fingerprint density at radius 2 is 1.95 bits per heavy atom. The van der Waals surface area contributed by atoms with Gasteiger partial charge in [-0.3, -0.25) is 9.48 Å². The SMILES string of the molecule is CC(C)C[C@@H](NC(=O)c1cc(C(C)(C)C)nn1C)C(=O)O. The molecule has 0 spiro atoms. The zero-order chi connectivity index (χ0) is 16.4. The molecule has 0 saturated carbocycles. The van der Waals surface area contributed by atoms with Gasteiger partial charge in [0.15, 0.2) is 0 Å². The molecule has 1 aromatic heterocycles. The summed E-state index contributed by atoms with van der Waals surface area (Å²) in [5.41, 5.74) is 1.00. The molecule has 0 aliphatic carbocycles. The van der Waals surface area contributed by atoms with E-state index in [1.54, 1.807) is 13.1 Å². The number of nitrogens with zero attached hydrogens (tertiary/aromatic N) is 2. The van der Waals surface area contributed by atoms with Gasteiger partial charge in [0.2, 0.25) is 0 Å². The smallest absolute Gasteiger partial charge is 0.326 e. The molecule has 0 aromatic carbocycles. The monoisotopic (exact) mass is 295 g/mol.